The predicted octanol–water partition coefficient (Wildman–Crippen LogP) is 5.21. The third kappa shape index (κ3) is 6.21. The van der Waals surface area contributed by atoms with E-state index in [2.05, 4.69) is 15.4 Å². The number of thiophene rings is 1. The van der Waals surface area contributed by atoms with Crippen LogP contribution in [0.4, 0.5) is 5.69 Å². The molecule has 3 N–H and O–H groups in total. The number of hydrogen-bond donors (Lipinski definition) is 3. The van der Waals surface area contributed by atoms with Crippen molar-refractivity contribution >= 4 is 72.0 Å². The average molecular weight is 560 g/mol. The highest BCUT2D eigenvalue weighted by atomic mass is 35.5. The van der Waals surface area contributed by atoms with Gasteiger partial charge in [0.25, 0.3) is 5.91 Å². The van der Waals surface area contributed by atoms with Crippen LogP contribution in [0.5, 0.6) is 5.75 Å². The Morgan fingerprint density at radius 3 is 2.47 bits per heavy atom. The first-order valence-electron chi connectivity index (χ1n) is 10.8. The molecule has 0 atom stereocenters. The van der Waals surface area contributed by atoms with Gasteiger partial charge in [0.1, 0.15) is 10.6 Å². The molecule has 0 saturated carbocycles. The Kier molecular flexibility index (Phi) is 8.22. The van der Waals surface area contributed by atoms with E-state index in [9.17, 15) is 13.2 Å². The Bertz CT molecular complexity index is 1510. The summed E-state index contributed by atoms with van der Waals surface area (Å²) in [7, 11) is -2.09. The molecule has 7 nitrogen and oxygen atoms in total. The van der Waals surface area contributed by atoms with Crippen LogP contribution in [0.25, 0.3) is 10.1 Å². The van der Waals surface area contributed by atoms with Crippen LogP contribution in [-0.2, 0) is 16.4 Å². The third-order valence-corrected chi connectivity index (χ3v) is 8.58. The van der Waals surface area contributed by atoms with Gasteiger partial charge in [0.15, 0.2) is 5.11 Å². The first kappa shape index (κ1) is 26.1. The Hall–Kier alpha value is -3.02. The largest absolute Gasteiger partial charge is 0.497 e. The van der Waals surface area contributed by atoms with Crippen molar-refractivity contribution < 1.29 is 17.9 Å². The van der Waals surface area contributed by atoms with Crippen molar-refractivity contribution in [3.05, 3.63) is 88.3 Å². The molecule has 0 saturated heterocycles. The highest BCUT2D eigenvalue weighted by Gasteiger charge is 2.19. The van der Waals surface area contributed by atoms with Crippen molar-refractivity contribution in [3.8, 4) is 5.75 Å². The van der Waals surface area contributed by atoms with Gasteiger partial charge in [-0.1, -0.05) is 41.9 Å². The lowest BCUT2D eigenvalue weighted by molar-refractivity contribution is 0.0982. The number of carbonyl (C=O) groups is 1. The molecule has 1 aromatic heterocycles. The number of methoxy groups -OCH3 is 1. The molecule has 36 heavy (non-hydrogen) atoms. The normalized spacial score (nSPS) is 11.3. The highest BCUT2D eigenvalue weighted by Crippen LogP contribution is 2.37. The molecular formula is C25H22ClN3O4S3. The van der Waals surface area contributed by atoms with Crippen molar-refractivity contribution in [2.45, 2.75) is 11.3 Å². The van der Waals surface area contributed by atoms with Gasteiger partial charge in [-0.2, -0.15) is 0 Å². The van der Waals surface area contributed by atoms with E-state index in [4.69, 9.17) is 28.6 Å². The predicted molar refractivity (Wildman–Crippen MR) is 149 cm³/mol. The monoisotopic (exact) mass is 559 g/mol. The van der Waals surface area contributed by atoms with E-state index in [0.717, 1.165) is 15.6 Å². The highest BCUT2D eigenvalue weighted by molar-refractivity contribution is 7.89. The summed E-state index contributed by atoms with van der Waals surface area (Å²) < 4.78 is 33.8. The Morgan fingerprint density at radius 2 is 1.78 bits per heavy atom. The Labute approximate surface area is 223 Å². The molecule has 0 aliphatic rings. The molecule has 0 bridgehead atoms. The average Bonchev–Trinajstić information content (AvgIpc) is 3.20. The van der Waals surface area contributed by atoms with E-state index in [1.165, 1.54) is 23.5 Å². The summed E-state index contributed by atoms with van der Waals surface area (Å²) in [6.45, 7) is 0.287. The number of ether oxygens (including phenoxy) is 1. The Balaban J connectivity index is 1.35. The van der Waals surface area contributed by atoms with Gasteiger partial charge in [0.05, 0.1) is 17.0 Å². The number of nitrogens with one attached hydrogen (secondary N) is 3. The van der Waals surface area contributed by atoms with Crippen molar-refractivity contribution in [3.63, 3.8) is 0 Å². The quantitative estimate of drug-likeness (QED) is 0.256. The number of amides is 1. The van der Waals surface area contributed by atoms with Gasteiger partial charge in [0, 0.05) is 22.3 Å². The number of fused-ring (bicyclic) bond motifs is 1. The van der Waals surface area contributed by atoms with Crippen molar-refractivity contribution in [1.82, 2.24) is 10.0 Å². The second-order valence-electron chi connectivity index (χ2n) is 7.67. The van der Waals surface area contributed by atoms with E-state index < -0.39 is 15.9 Å². The summed E-state index contributed by atoms with van der Waals surface area (Å²) in [6.07, 6.45) is 0.588. The Morgan fingerprint density at radius 1 is 1.06 bits per heavy atom. The zero-order valence-electron chi connectivity index (χ0n) is 19.1. The fourth-order valence-corrected chi connectivity index (χ4v) is 6.10. The number of halogens is 1. The molecule has 0 spiro atoms. The maximum Gasteiger partial charge on any atom is 0.269 e. The first-order valence-corrected chi connectivity index (χ1v) is 13.9. The molecule has 186 valence electrons. The minimum atomic E-state index is -3.66. The molecule has 1 heterocycles. The van der Waals surface area contributed by atoms with Gasteiger partial charge < -0.3 is 10.1 Å². The smallest absolute Gasteiger partial charge is 0.269 e. The number of sulfonamides is 1. The van der Waals surface area contributed by atoms with E-state index in [1.54, 1.807) is 31.4 Å². The van der Waals surface area contributed by atoms with Crippen LogP contribution >= 0.6 is 35.2 Å². The molecule has 1 amide bonds. The van der Waals surface area contributed by atoms with Gasteiger partial charge in [-0.05, 0) is 66.7 Å². The van der Waals surface area contributed by atoms with E-state index in [1.807, 2.05) is 36.4 Å². The fraction of sp³-hybridized carbons (Fsp3) is 0.120. The first-order chi connectivity index (χ1) is 17.3. The molecule has 4 aromatic rings. The van der Waals surface area contributed by atoms with E-state index >= 15 is 0 Å². The van der Waals surface area contributed by atoms with Gasteiger partial charge >= 0.3 is 0 Å². The lowest BCUT2D eigenvalue weighted by Gasteiger charge is -2.11. The zero-order valence-corrected chi connectivity index (χ0v) is 22.3. The van der Waals surface area contributed by atoms with Crippen LogP contribution in [0, 0.1) is 0 Å². The molecule has 0 fully saturated rings. The van der Waals surface area contributed by atoms with Crippen molar-refractivity contribution in [1.29, 1.82) is 0 Å². The van der Waals surface area contributed by atoms with Crippen LogP contribution in [0.2, 0.25) is 5.02 Å². The number of rotatable bonds is 8. The van der Waals surface area contributed by atoms with Crippen molar-refractivity contribution in [2.75, 3.05) is 19.0 Å². The summed E-state index contributed by atoms with van der Waals surface area (Å²) in [5.41, 5.74) is 1.57. The number of carbonyl (C=O) groups excluding carboxylic acids is 1. The summed E-state index contributed by atoms with van der Waals surface area (Å²) in [5, 5.41) is 6.64. The summed E-state index contributed by atoms with van der Waals surface area (Å²) >= 11 is 12.9. The van der Waals surface area contributed by atoms with Crippen LogP contribution in [0.15, 0.2) is 77.7 Å². The number of thiocarbonyl (C=S) groups is 1. The maximum absolute atomic E-state index is 12.7. The summed E-state index contributed by atoms with van der Waals surface area (Å²) in [5.74, 6) is 0.223. The lowest BCUT2D eigenvalue weighted by atomic mass is 10.2. The minimum Gasteiger partial charge on any atom is -0.497 e. The van der Waals surface area contributed by atoms with Crippen LogP contribution in [0.3, 0.4) is 0 Å². The number of benzene rings is 3. The molecule has 0 unspecified atom stereocenters. The SMILES string of the molecule is COc1ccc2c(Cl)c(C(=O)NC(=S)Nc3ccc(S(=O)(=O)NCCc4ccccc4)cc3)sc2c1. The standard InChI is InChI=1S/C25H22ClN3O4S3/c1-33-18-9-12-20-21(15-18)35-23(22(20)26)24(30)29-25(34)28-17-7-10-19(11-8-17)36(31,32)27-14-13-16-5-3-2-4-6-16/h2-12,15,27H,13-14H2,1H3,(H2,28,29,30,34). The van der Waals surface area contributed by atoms with Crippen LogP contribution in [-0.4, -0.2) is 33.1 Å². The number of hydrogen-bond acceptors (Lipinski definition) is 6. The van der Waals surface area contributed by atoms with Crippen LogP contribution in [0.1, 0.15) is 15.2 Å². The lowest BCUT2D eigenvalue weighted by Crippen LogP contribution is -2.33. The zero-order chi connectivity index (χ0) is 25.7. The topological polar surface area (TPSA) is 96.5 Å². The second kappa shape index (κ2) is 11.4. The van der Waals surface area contributed by atoms with Crippen molar-refractivity contribution in [2.24, 2.45) is 0 Å². The molecular weight excluding hydrogens is 538 g/mol. The molecule has 0 aliphatic carbocycles. The molecule has 0 aliphatic heterocycles. The summed E-state index contributed by atoms with van der Waals surface area (Å²) in [4.78, 5) is 13.2. The molecule has 11 heteroatoms. The maximum atomic E-state index is 12.7. The van der Waals surface area contributed by atoms with Gasteiger partial charge in [0.2, 0.25) is 10.0 Å². The molecule has 0 radical (unpaired) electrons. The van der Waals surface area contributed by atoms with Gasteiger partial charge in [-0.3, -0.25) is 10.1 Å². The summed E-state index contributed by atoms with van der Waals surface area (Å²) in [6, 6.07) is 21.1. The second-order valence-corrected chi connectivity index (χ2v) is 11.3. The fourth-order valence-electron chi connectivity index (χ4n) is 3.42. The van der Waals surface area contributed by atoms with Gasteiger partial charge in [-0.25, -0.2) is 13.1 Å². The molecule has 4 rings (SSSR count). The van der Waals surface area contributed by atoms with Gasteiger partial charge in [-0.15, -0.1) is 11.3 Å². The van der Waals surface area contributed by atoms with E-state index in [0.29, 0.717) is 27.8 Å². The number of anilines is 1. The third-order valence-electron chi connectivity index (χ3n) is 5.24. The van der Waals surface area contributed by atoms with E-state index in [-0.39, 0.29) is 16.6 Å². The molecule has 3 aromatic carbocycles. The minimum absolute atomic E-state index is 0.0581. The van der Waals surface area contributed by atoms with Crippen LogP contribution < -0.4 is 20.1 Å².